The minimum Gasteiger partial charge on any atom is -0.371 e. The van der Waals surface area contributed by atoms with E-state index in [1.54, 1.807) is 18.5 Å². The van der Waals surface area contributed by atoms with Gasteiger partial charge in [-0.15, -0.1) is 0 Å². The van der Waals surface area contributed by atoms with Crippen LogP contribution in [-0.4, -0.2) is 29.9 Å². The summed E-state index contributed by atoms with van der Waals surface area (Å²) in [4.78, 5) is 32.0. The molecule has 6 nitrogen and oxygen atoms in total. The van der Waals surface area contributed by atoms with Crippen LogP contribution in [0.4, 0.5) is 11.4 Å². The molecule has 6 heteroatoms. The maximum Gasteiger partial charge on any atom is 0.253 e. The van der Waals surface area contributed by atoms with Gasteiger partial charge in [-0.05, 0) is 60.6 Å². The van der Waals surface area contributed by atoms with E-state index in [-0.39, 0.29) is 17.7 Å². The summed E-state index contributed by atoms with van der Waals surface area (Å²) in [6.45, 7) is 5.90. The molecule has 2 heterocycles. The summed E-state index contributed by atoms with van der Waals surface area (Å²) in [5.74, 6) is 0.277. The lowest BCUT2D eigenvalue weighted by atomic mass is 9.89. The highest BCUT2D eigenvalue weighted by Gasteiger charge is 2.24. The van der Waals surface area contributed by atoms with E-state index in [0.717, 1.165) is 43.6 Å². The summed E-state index contributed by atoms with van der Waals surface area (Å²) in [6.07, 6.45) is 6.71. The maximum absolute atomic E-state index is 13.3. The quantitative estimate of drug-likeness (QED) is 0.482. The van der Waals surface area contributed by atoms with Gasteiger partial charge in [0.15, 0.2) is 0 Å². The number of carbonyl (C=O) groups excluding carboxylic acids is 2. The van der Waals surface area contributed by atoms with Crippen LogP contribution in [-0.2, 0) is 17.8 Å². The lowest BCUT2D eigenvalue weighted by molar-refractivity contribution is -0.118. The Hall–Kier alpha value is -3.67. The first-order valence-electron chi connectivity index (χ1n) is 12.4. The Morgan fingerprint density at radius 3 is 2.43 bits per heavy atom. The molecule has 2 N–H and O–H groups in total. The van der Waals surface area contributed by atoms with Crippen molar-refractivity contribution in [1.82, 2.24) is 10.3 Å². The Kier molecular flexibility index (Phi) is 8.14. The zero-order valence-corrected chi connectivity index (χ0v) is 20.5. The van der Waals surface area contributed by atoms with Gasteiger partial charge in [-0.25, -0.2) is 0 Å². The molecular formula is C29H34N4O2. The van der Waals surface area contributed by atoms with Gasteiger partial charge in [0.1, 0.15) is 0 Å². The predicted octanol–water partition coefficient (Wildman–Crippen LogP) is 5.07. The number of carbonyl (C=O) groups is 2. The first kappa shape index (κ1) is 24.5. The molecule has 0 saturated carbocycles. The van der Waals surface area contributed by atoms with Gasteiger partial charge in [-0.3, -0.25) is 14.6 Å². The number of pyridine rings is 1. The van der Waals surface area contributed by atoms with E-state index in [9.17, 15) is 9.59 Å². The van der Waals surface area contributed by atoms with Gasteiger partial charge in [0.05, 0.1) is 5.56 Å². The first-order valence-corrected chi connectivity index (χ1v) is 12.4. The van der Waals surface area contributed by atoms with Gasteiger partial charge >= 0.3 is 0 Å². The lowest BCUT2D eigenvalue weighted by Crippen LogP contribution is -2.36. The number of piperidine rings is 1. The van der Waals surface area contributed by atoms with Crippen molar-refractivity contribution in [2.45, 2.75) is 39.7 Å². The van der Waals surface area contributed by atoms with Crippen LogP contribution in [0.2, 0.25) is 0 Å². The molecule has 2 aromatic carbocycles. The van der Waals surface area contributed by atoms with Crippen LogP contribution in [0.5, 0.6) is 0 Å². The second kappa shape index (κ2) is 11.6. The molecule has 0 aliphatic carbocycles. The molecule has 2 amide bonds. The molecule has 0 bridgehead atoms. The second-order valence-corrected chi connectivity index (χ2v) is 9.54. The third kappa shape index (κ3) is 6.69. The molecule has 1 aromatic heterocycles. The Bertz CT molecular complexity index is 1120. The number of rotatable bonds is 8. The van der Waals surface area contributed by atoms with Crippen molar-refractivity contribution >= 4 is 23.2 Å². The fraction of sp³-hybridized carbons (Fsp3) is 0.345. The minimum absolute atomic E-state index is 0.0683. The van der Waals surface area contributed by atoms with E-state index < -0.39 is 0 Å². The summed E-state index contributed by atoms with van der Waals surface area (Å²) in [5.41, 5.74) is 4.45. The number of amides is 2. The van der Waals surface area contributed by atoms with Crippen molar-refractivity contribution in [3.63, 3.8) is 0 Å². The second-order valence-electron chi connectivity index (χ2n) is 9.54. The van der Waals surface area contributed by atoms with E-state index in [2.05, 4.69) is 50.8 Å². The zero-order valence-electron chi connectivity index (χ0n) is 20.5. The van der Waals surface area contributed by atoms with Gasteiger partial charge in [0.2, 0.25) is 5.91 Å². The first-order chi connectivity index (χ1) is 17.0. The van der Waals surface area contributed by atoms with E-state index in [4.69, 9.17) is 0 Å². The molecule has 0 atom stereocenters. The van der Waals surface area contributed by atoms with Crippen molar-refractivity contribution < 1.29 is 9.59 Å². The fourth-order valence-electron chi connectivity index (χ4n) is 4.46. The molecular weight excluding hydrogens is 436 g/mol. The SMILES string of the molecule is CC(C)C(=O)Nc1ccc(N2CCC(Cc3ccccc3)CC2)c(C(=O)NCc2cccnc2)c1. The molecule has 0 unspecified atom stereocenters. The van der Waals surface area contributed by atoms with Crippen molar-refractivity contribution in [3.8, 4) is 0 Å². The third-order valence-corrected chi connectivity index (χ3v) is 6.53. The van der Waals surface area contributed by atoms with Crippen LogP contribution in [0.1, 0.15) is 48.2 Å². The van der Waals surface area contributed by atoms with Gasteiger partial charge in [0, 0.05) is 49.3 Å². The molecule has 1 aliphatic rings. The van der Waals surface area contributed by atoms with E-state index >= 15 is 0 Å². The monoisotopic (exact) mass is 470 g/mol. The molecule has 35 heavy (non-hydrogen) atoms. The lowest BCUT2D eigenvalue weighted by Gasteiger charge is -2.35. The number of hydrogen-bond donors (Lipinski definition) is 2. The standard InChI is InChI=1S/C29H34N4O2/c1-21(2)28(34)32-25-10-11-27(26(18-25)29(35)31-20-24-9-6-14-30-19-24)33-15-12-23(13-16-33)17-22-7-4-3-5-8-22/h3-11,14,18-19,21,23H,12-13,15-17,20H2,1-2H3,(H,31,35)(H,32,34). The van der Waals surface area contributed by atoms with Crippen LogP contribution in [0.3, 0.4) is 0 Å². The van der Waals surface area contributed by atoms with E-state index in [1.807, 2.05) is 38.1 Å². The average Bonchev–Trinajstić information content (AvgIpc) is 2.89. The van der Waals surface area contributed by atoms with Crippen LogP contribution in [0.15, 0.2) is 73.1 Å². The highest BCUT2D eigenvalue weighted by molar-refractivity contribution is 6.02. The van der Waals surface area contributed by atoms with Crippen LogP contribution >= 0.6 is 0 Å². The van der Waals surface area contributed by atoms with Crippen molar-refractivity contribution in [2.75, 3.05) is 23.3 Å². The molecule has 1 aliphatic heterocycles. The number of hydrogen-bond acceptors (Lipinski definition) is 4. The molecule has 1 saturated heterocycles. The number of nitrogens with zero attached hydrogens (tertiary/aromatic N) is 2. The van der Waals surface area contributed by atoms with Crippen molar-refractivity contribution in [1.29, 1.82) is 0 Å². The molecule has 0 radical (unpaired) electrons. The van der Waals surface area contributed by atoms with Gasteiger partial charge < -0.3 is 15.5 Å². The summed E-state index contributed by atoms with van der Waals surface area (Å²) in [5, 5.41) is 5.95. The number of anilines is 2. The molecule has 0 spiro atoms. The molecule has 1 fully saturated rings. The largest absolute Gasteiger partial charge is 0.371 e. The fourth-order valence-corrected chi connectivity index (χ4v) is 4.46. The van der Waals surface area contributed by atoms with Gasteiger partial charge in [-0.2, -0.15) is 0 Å². The van der Waals surface area contributed by atoms with Gasteiger partial charge in [-0.1, -0.05) is 50.2 Å². The maximum atomic E-state index is 13.3. The Labute approximate surface area is 207 Å². The van der Waals surface area contributed by atoms with Gasteiger partial charge in [0.25, 0.3) is 5.91 Å². The minimum atomic E-state index is -0.157. The zero-order chi connectivity index (χ0) is 24.6. The summed E-state index contributed by atoms with van der Waals surface area (Å²) in [7, 11) is 0. The number of benzene rings is 2. The Morgan fingerprint density at radius 1 is 1.00 bits per heavy atom. The summed E-state index contributed by atoms with van der Waals surface area (Å²) < 4.78 is 0. The summed E-state index contributed by atoms with van der Waals surface area (Å²) >= 11 is 0. The Morgan fingerprint density at radius 2 is 1.74 bits per heavy atom. The predicted molar refractivity (Wildman–Crippen MR) is 140 cm³/mol. The van der Waals surface area contributed by atoms with Crippen LogP contribution < -0.4 is 15.5 Å². The molecule has 3 aromatic rings. The molecule has 182 valence electrons. The normalized spacial score (nSPS) is 14.1. The van der Waals surface area contributed by atoms with Crippen molar-refractivity contribution in [2.24, 2.45) is 11.8 Å². The topological polar surface area (TPSA) is 74.3 Å². The smallest absolute Gasteiger partial charge is 0.253 e. The third-order valence-electron chi connectivity index (χ3n) is 6.53. The van der Waals surface area contributed by atoms with Crippen LogP contribution in [0, 0.1) is 11.8 Å². The number of nitrogens with one attached hydrogen (secondary N) is 2. The molecule has 4 rings (SSSR count). The highest BCUT2D eigenvalue weighted by atomic mass is 16.2. The highest BCUT2D eigenvalue weighted by Crippen LogP contribution is 2.30. The van der Waals surface area contributed by atoms with Crippen molar-refractivity contribution in [3.05, 3.63) is 89.7 Å². The van der Waals surface area contributed by atoms with E-state index in [1.165, 1.54) is 5.56 Å². The number of aromatic nitrogens is 1. The summed E-state index contributed by atoms with van der Waals surface area (Å²) in [6, 6.07) is 20.1. The van der Waals surface area contributed by atoms with E-state index in [0.29, 0.717) is 23.7 Å². The Balaban J connectivity index is 1.49. The average molecular weight is 471 g/mol. The van der Waals surface area contributed by atoms with Crippen LogP contribution in [0.25, 0.3) is 0 Å².